The van der Waals surface area contributed by atoms with Crippen LogP contribution in [0.1, 0.15) is 10.7 Å². The first-order valence-corrected chi connectivity index (χ1v) is 7.99. The third kappa shape index (κ3) is 4.94. The van der Waals surface area contributed by atoms with Crippen LogP contribution in [-0.2, 0) is 17.8 Å². The summed E-state index contributed by atoms with van der Waals surface area (Å²) in [6, 6.07) is 5.26. The fourth-order valence-corrected chi connectivity index (χ4v) is 2.97. The molecule has 1 amide bonds. The van der Waals surface area contributed by atoms with Crippen molar-refractivity contribution in [3.63, 3.8) is 0 Å². The molecule has 1 aromatic heterocycles. The Labute approximate surface area is 140 Å². The normalized spacial score (nSPS) is 10.7. The van der Waals surface area contributed by atoms with Gasteiger partial charge in [0.05, 0.1) is 26.3 Å². The molecule has 1 aromatic carbocycles. The molecule has 124 valence electrons. The number of anilines is 1. The standard InChI is InChI=1S/C16H21N3O3S/c1-19(2)9-16-18-12(10-23-16)8-15(20)17-11-5-6-13(21-3)14(7-11)22-4/h5-7,10H,8-9H2,1-4H3,(H,17,20). The molecule has 0 saturated heterocycles. The average molecular weight is 335 g/mol. The zero-order valence-electron chi connectivity index (χ0n) is 13.8. The van der Waals surface area contributed by atoms with Crippen molar-refractivity contribution in [2.45, 2.75) is 13.0 Å². The van der Waals surface area contributed by atoms with Gasteiger partial charge in [0, 0.05) is 23.7 Å². The largest absolute Gasteiger partial charge is 0.493 e. The van der Waals surface area contributed by atoms with E-state index in [0.717, 1.165) is 17.2 Å². The second-order valence-corrected chi connectivity index (χ2v) is 6.21. The van der Waals surface area contributed by atoms with Crippen LogP contribution in [0.4, 0.5) is 5.69 Å². The summed E-state index contributed by atoms with van der Waals surface area (Å²) < 4.78 is 10.4. The minimum Gasteiger partial charge on any atom is -0.493 e. The summed E-state index contributed by atoms with van der Waals surface area (Å²) in [5.74, 6) is 1.09. The van der Waals surface area contributed by atoms with Gasteiger partial charge in [0.1, 0.15) is 5.01 Å². The molecule has 6 nitrogen and oxygen atoms in total. The van der Waals surface area contributed by atoms with E-state index in [2.05, 4.69) is 10.3 Å². The Morgan fingerprint density at radius 3 is 2.65 bits per heavy atom. The summed E-state index contributed by atoms with van der Waals surface area (Å²) in [6.45, 7) is 0.780. The van der Waals surface area contributed by atoms with E-state index in [1.807, 2.05) is 24.4 Å². The van der Waals surface area contributed by atoms with Crippen LogP contribution in [0, 0.1) is 0 Å². The topological polar surface area (TPSA) is 63.7 Å². The van der Waals surface area contributed by atoms with Gasteiger partial charge in [0.2, 0.25) is 5.91 Å². The van der Waals surface area contributed by atoms with Gasteiger partial charge in [-0.15, -0.1) is 11.3 Å². The van der Waals surface area contributed by atoms with Crippen LogP contribution in [-0.4, -0.2) is 44.1 Å². The monoisotopic (exact) mass is 335 g/mol. The smallest absolute Gasteiger partial charge is 0.230 e. The minimum atomic E-state index is -0.112. The van der Waals surface area contributed by atoms with Gasteiger partial charge in [0.15, 0.2) is 11.5 Å². The molecule has 0 fully saturated rings. The van der Waals surface area contributed by atoms with E-state index in [1.54, 1.807) is 43.8 Å². The van der Waals surface area contributed by atoms with Crippen molar-refractivity contribution in [2.24, 2.45) is 0 Å². The van der Waals surface area contributed by atoms with Crippen LogP contribution in [0.2, 0.25) is 0 Å². The lowest BCUT2D eigenvalue weighted by Gasteiger charge is -2.10. The van der Waals surface area contributed by atoms with Crippen molar-refractivity contribution in [3.8, 4) is 11.5 Å². The van der Waals surface area contributed by atoms with Crippen molar-refractivity contribution in [1.29, 1.82) is 0 Å². The number of nitrogens with one attached hydrogen (secondary N) is 1. The zero-order valence-corrected chi connectivity index (χ0v) is 14.6. The van der Waals surface area contributed by atoms with E-state index in [1.165, 1.54) is 0 Å². The van der Waals surface area contributed by atoms with E-state index in [0.29, 0.717) is 17.2 Å². The number of benzene rings is 1. The number of nitrogens with zero attached hydrogens (tertiary/aromatic N) is 2. The third-order valence-electron chi connectivity index (χ3n) is 3.06. The second kappa shape index (κ2) is 7.94. The molecule has 2 aromatic rings. The first-order valence-electron chi connectivity index (χ1n) is 7.11. The number of methoxy groups -OCH3 is 2. The molecule has 0 saturated carbocycles. The fraction of sp³-hybridized carbons (Fsp3) is 0.375. The number of carbonyl (C=O) groups excluding carboxylic acids is 1. The molecule has 0 spiro atoms. The van der Waals surface area contributed by atoms with Crippen molar-refractivity contribution in [2.75, 3.05) is 33.6 Å². The van der Waals surface area contributed by atoms with Crippen LogP contribution in [0.25, 0.3) is 0 Å². The minimum absolute atomic E-state index is 0.112. The van der Waals surface area contributed by atoms with Crippen molar-refractivity contribution < 1.29 is 14.3 Å². The molecule has 7 heteroatoms. The third-order valence-corrected chi connectivity index (χ3v) is 3.94. The van der Waals surface area contributed by atoms with Crippen molar-refractivity contribution in [3.05, 3.63) is 34.3 Å². The summed E-state index contributed by atoms with van der Waals surface area (Å²) in [7, 11) is 7.12. The summed E-state index contributed by atoms with van der Waals surface area (Å²) in [5, 5.41) is 5.77. The van der Waals surface area contributed by atoms with E-state index < -0.39 is 0 Å². The van der Waals surface area contributed by atoms with Gasteiger partial charge in [-0.2, -0.15) is 0 Å². The first kappa shape index (κ1) is 17.2. The summed E-state index contributed by atoms with van der Waals surface area (Å²) in [6.07, 6.45) is 0.248. The van der Waals surface area contributed by atoms with Gasteiger partial charge in [-0.05, 0) is 26.2 Å². The van der Waals surface area contributed by atoms with Crippen molar-refractivity contribution >= 4 is 22.9 Å². The number of carbonyl (C=O) groups is 1. The molecular formula is C16H21N3O3S. The molecule has 0 aliphatic rings. The van der Waals surface area contributed by atoms with Crippen LogP contribution in [0.3, 0.4) is 0 Å². The molecular weight excluding hydrogens is 314 g/mol. The fourth-order valence-electron chi connectivity index (χ4n) is 2.06. The van der Waals surface area contributed by atoms with Crippen LogP contribution in [0.5, 0.6) is 11.5 Å². The maximum absolute atomic E-state index is 12.1. The Balaban J connectivity index is 1.98. The second-order valence-electron chi connectivity index (χ2n) is 5.27. The number of hydrogen-bond acceptors (Lipinski definition) is 6. The molecule has 1 heterocycles. The summed E-state index contributed by atoms with van der Waals surface area (Å²) in [4.78, 5) is 18.7. The van der Waals surface area contributed by atoms with Gasteiger partial charge in [-0.1, -0.05) is 0 Å². The van der Waals surface area contributed by atoms with Crippen LogP contribution in [0.15, 0.2) is 23.6 Å². The molecule has 0 bridgehead atoms. The quantitative estimate of drug-likeness (QED) is 0.842. The lowest BCUT2D eigenvalue weighted by molar-refractivity contribution is -0.115. The van der Waals surface area contributed by atoms with Crippen LogP contribution < -0.4 is 14.8 Å². The van der Waals surface area contributed by atoms with Crippen molar-refractivity contribution in [1.82, 2.24) is 9.88 Å². The highest BCUT2D eigenvalue weighted by Crippen LogP contribution is 2.29. The molecule has 0 aliphatic heterocycles. The molecule has 2 rings (SSSR count). The molecule has 0 aliphatic carbocycles. The Hall–Kier alpha value is -2.12. The Kier molecular flexibility index (Phi) is 5.95. The highest BCUT2D eigenvalue weighted by atomic mass is 32.1. The highest BCUT2D eigenvalue weighted by Gasteiger charge is 2.10. The van der Waals surface area contributed by atoms with Gasteiger partial charge in [0.25, 0.3) is 0 Å². The number of amides is 1. The average Bonchev–Trinajstić information content (AvgIpc) is 2.93. The predicted octanol–water partition coefficient (Wildman–Crippen LogP) is 2.40. The Bertz CT molecular complexity index is 670. The van der Waals surface area contributed by atoms with Gasteiger partial charge < -0.3 is 19.7 Å². The SMILES string of the molecule is COc1ccc(NC(=O)Cc2csc(CN(C)C)n2)cc1OC. The van der Waals surface area contributed by atoms with Crippen LogP contribution >= 0.6 is 11.3 Å². The van der Waals surface area contributed by atoms with E-state index >= 15 is 0 Å². The lowest BCUT2D eigenvalue weighted by Crippen LogP contribution is -2.15. The molecule has 0 atom stereocenters. The Morgan fingerprint density at radius 1 is 1.26 bits per heavy atom. The van der Waals surface area contributed by atoms with E-state index in [-0.39, 0.29) is 12.3 Å². The maximum atomic E-state index is 12.1. The Morgan fingerprint density at radius 2 is 2.00 bits per heavy atom. The highest BCUT2D eigenvalue weighted by molar-refractivity contribution is 7.09. The number of hydrogen-bond donors (Lipinski definition) is 1. The maximum Gasteiger partial charge on any atom is 0.230 e. The number of rotatable bonds is 7. The first-order chi connectivity index (χ1) is 11.0. The number of aromatic nitrogens is 1. The van der Waals surface area contributed by atoms with Gasteiger partial charge >= 0.3 is 0 Å². The lowest BCUT2D eigenvalue weighted by atomic mass is 10.2. The molecule has 0 radical (unpaired) electrons. The molecule has 0 unspecified atom stereocenters. The molecule has 1 N–H and O–H groups in total. The summed E-state index contributed by atoms with van der Waals surface area (Å²) >= 11 is 1.57. The van der Waals surface area contributed by atoms with Gasteiger partial charge in [-0.3, -0.25) is 4.79 Å². The number of ether oxygens (including phenoxy) is 2. The van der Waals surface area contributed by atoms with E-state index in [9.17, 15) is 4.79 Å². The zero-order chi connectivity index (χ0) is 16.8. The summed E-state index contributed by atoms with van der Waals surface area (Å²) in [5.41, 5.74) is 1.45. The van der Waals surface area contributed by atoms with E-state index in [4.69, 9.17) is 9.47 Å². The number of thiazole rings is 1. The predicted molar refractivity (Wildman–Crippen MR) is 91.4 cm³/mol. The molecule has 23 heavy (non-hydrogen) atoms. The van der Waals surface area contributed by atoms with Gasteiger partial charge in [-0.25, -0.2) is 4.98 Å².